The van der Waals surface area contributed by atoms with Gasteiger partial charge in [-0.1, -0.05) is 26.0 Å². The molecule has 5 heteroatoms. The summed E-state index contributed by atoms with van der Waals surface area (Å²) in [5.74, 6) is 0.433. The fourth-order valence-electron chi connectivity index (χ4n) is 2.48. The van der Waals surface area contributed by atoms with Crippen molar-refractivity contribution >= 4 is 17.5 Å². The van der Waals surface area contributed by atoms with E-state index in [4.69, 9.17) is 0 Å². The second-order valence-corrected chi connectivity index (χ2v) is 6.66. The highest BCUT2D eigenvalue weighted by Crippen LogP contribution is 2.20. The number of anilines is 1. The number of hydrogen-bond donors (Lipinski definition) is 3. The number of hydrogen-bond acceptors (Lipinski definition) is 2. The molecule has 1 aromatic carbocycles. The molecule has 0 saturated carbocycles. The molecule has 0 radical (unpaired) electrons. The van der Waals surface area contributed by atoms with E-state index in [1.807, 2.05) is 32.9 Å². The minimum Gasteiger partial charge on any atom is -0.349 e. The molecule has 0 fully saturated rings. The summed E-state index contributed by atoms with van der Waals surface area (Å²) in [5, 5.41) is 5.77. The molecule has 3 N–H and O–H groups in total. The summed E-state index contributed by atoms with van der Waals surface area (Å²) < 4.78 is 0. The fraction of sp³-hybridized carbons (Fsp3) is 0.579. The topological polar surface area (TPSA) is 62.6 Å². The third kappa shape index (κ3) is 7.13. The standard InChI is InChI=1S/C19H31N3O2/c1-6-15(5)16-8-10-17(11-9-16)21-19(24)13-22(7-2)12-18(23)20-14(3)4/h8-11,14-15H,6-7,12-13H2,1-5H3,(H,20,23)(H,21,24)/p+1/t15-/m1/s1. The Kier molecular flexibility index (Phi) is 8.47. The molecule has 134 valence electrons. The molecule has 1 aromatic rings. The lowest BCUT2D eigenvalue weighted by molar-refractivity contribution is -0.881. The van der Waals surface area contributed by atoms with Crippen molar-refractivity contribution in [1.82, 2.24) is 5.32 Å². The molecule has 0 aliphatic carbocycles. The Bertz CT molecular complexity index is 526. The van der Waals surface area contributed by atoms with Crippen LogP contribution in [0.1, 0.15) is 52.5 Å². The van der Waals surface area contributed by atoms with Crippen LogP contribution in [0.15, 0.2) is 24.3 Å². The van der Waals surface area contributed by atoms with Gasteiger partial charge in [0.05, 0.1) is 6.54 Å². The van der Waals surface area contributed by atoms with E-state index in [2.05, 4.69) is 36.6 Å². The van der Waals surface area contributed by atoms with Gasteiger partial charge < -0.3 is 15.5 Å². The lowest BCUT2D eigenvalue weighted by Gasteiger charge is -2.18. The van der Waals surface area contributed by atoms with Gasteiger partial charge in [0.1, 0.15) is 0 Å². The summed E-state index contributed by atoms with van der Waals surface area (Å²) in [6.07, 6.45) is 1.10. The Balaban J connectivity index is 2.53. The molecule has 2 amide bonds. The largest absolute Gasteiger partial charge is 0.349 e. The molecule has 0 saturated heterocycles. The summed E-state index contributed by atoms with van der Waals surface area (Å²) in [5.41, 5.74) is 2.08. The fourth-order valence-corrected chi connectivity index (χ4v) is 2.48. The van der Waals surface area contributed by atoms with Crippen molar-refractivity contribution in [3.05, 3.63) is 29.8 Å². The third-order valence-electron chi connectivity index (χ3n) is 4.15. The molecule has 0 heterocycles. The first-order valence-electron chi connectivity index (χ1n) is 8.88. The number of quaternary nitrogens is 1. The molecule has 24 heavy (non-hydrogen) atoms. The lowest BCUT2D eigenvalue weighted by Crippen LogP contribution is -3.14. The summed E-state index contributed by atoms with van der Waals surface area (Å²) in [4.78, 5) is 25.0. The van der Waals surface area contributed by atoms with Gasteiger partial charge >= 0.3 is 0 Å². The van der Waals surface area contributed by atoms with Crippen LogP contribution in [0.3, 0.4) is 0 Å². The normalized spacial score (nSPS) is 13.4. The molecule has 0 spiro atoms. The van der Waals surface area contributed by atoms with Crippen LogP contribution in [-0.4, -0.2) is 37.5 Å². The number of likely N-dealkylation sites (N-methyl/N-ethyl adjacent to an activating group) is 1. The summed E-state index contributed by atoms with van der Waals surface area (Å²) in [6, 6.07) is 8.12. The van der Waals surface area contributed by atoms with E-state index in [-0.39, 0.29) is 24.4 Å². The van der Waals surface area contributed by atoms with E-state index in [0.717, 1.165) is 23.6 Å². The van der Waals surface area contributed by atoms with Crippen molar-refractivity contribution in [3.8, 4) is 0 Å². The van der Waals surface area contributed by atoms with Gasteiger partial charge in [-0.25, -0.2) is 0 Å². The number of carbonyl (C=O) groups is 2. The van der Waals surface area contributed by atoms with Crippen LogP contribution in [0.25, 0.3) is 0 Å². The maximum absolute atomic E-state index is 12.2. The molecule has 1 unspecified atom stereocenters. The smallest absolute Gasteiger partial charge is 0.279 e. The van der Waals surface area contributed by atoms with E-state index in [1.165, 1.54) is 5.56 Å². The van der Waals surface area contributed by atoms with Gasteiger partial charge in [-0.2, -0.15) is 0 Å². The second-order valence-electron chi connectivity index (χ2n) is 6.66. The van der Waals surface area contributed by atoms with Crippen molar-refractivity contribution in [1.29, 1.82) is 0 Å². The second kappa shape index (κ2) is 10.1. The zero-order valence-electron chi connectivity index (χ0n) is 15.6. The quantitative estimate of drug-likeness (QED) is 0.642. The van der Waals surface area contributed by atoms with Crippen LogP contribution in [0.4, 0.5) is 5.69 Å². The molecule has 0 aromatic heterocycles. The summed E-state index contributed by atoms with van der Waals surface area (Å²) >= 11 is 0. The van der Waals surface area contributed by atoms with Crippen molar-refractivity contribution in [2.24, 2.45) is 0 Å². The van der Waals surface area contributed by atoms with Crippen molar-refractivity contribution in [3.63, 3.8) is 0 Å². The monoisotopic (exact) mass is 334 g/mol. The zero-order chi connectivity index (χ0) is 18.1. The van der Waals surface area contributed by atoms with E-state index in [1.54, 1.807) is 0 Å². The van der Waals surface area contributed by atoms with Gasteiger partial charge in [-0.05, 0) is 50.8 Å². The predicted molar refractivity (Wildman–Crippen MR) is 98.3 cm³/mol. The van der Waals surface area contributed by atoms with Crippen LogP contribution in [-0.2, 0) is 9.59 Å². The Morgan fingerprint density at radius 3 is 2.08 bits per heavy atom. The van der Waals surface area contributed by atoms with E-state index < -0.39 is 0 Å². The van der Waals surface area contributed by atoms with Gasteiger partial charge in [0.2, 0.25) is 0 Å². The number of carbonyl (C=O) groups excluding carboxylic acids is 2. The number of nitrogens with one attached hydrogen (secondary N) is 3. The Morgan fingerprint density at radius 2 is 1.58 bits per heavy atom. The number of amides is 2. The lowest BCUT2D eigenvalue weighted by atomic mass is 9.99. The maximum atomic E-state index is 12.2. The first-order chi connectivity index (χ1) is 11.3. The first kappa shape index (κ1) is 20.2. The van der Waals surface area contributed by atoms with Gasteiger partial charge in [-0.3, -0.25) is 9.59 Å². The molecule has 5 nitrogen and oxygen atoms in total. The van der Waals surface area contributed by atoms with Gasteiger partial charge in [0.25, 0.3) is 11.8 Å². The molecule has 2 atom stereocenters. The molecule has 0 bridgehead atoms. The molecule has 1 rings (SSSR count). The third-order valence-corrected chi connectivity index (χ3v) is 4.15. The molecular weight excluding hydrogens is 302 g/mol. The maximum Gasteiger partial charge on any atom is 0.279 e. The Morgan fingerprint density at radius 1 is 1.00 bits per heavy atom. The highest BCUT2D eigenvalue weighted by atomic mass is 16.2. The zero-order valence-corrected chi connectivity index (χ0v) is 15.6. The Labute approximate surface area is 145 Å². The van der Waals surface area contributed by atoms with E-state index in [9.17, 15) is 9.59 Å². The highest BCUT2D eigenvalue weighted by molar-refractivity contribution is 5.91. The van der Waals surface area contributed by atoms with Gasteiger partial charge in [0, 0.05) is 11.7 Å². The van der Waals surface area contributed by atoms with Crippen LogP contribution in [0, 0.1) is 0 Å². The Hall–Kier alpha value is -1.88. The predicted octanol–water partition coefficient (Wildman–Crippen LogP) is 1.57. The van der Waals surface area contributed by atoms with Gasteiger partial charge in [-0.15, -0.1) is 0 Å². The van der Waals surface area contributed by atoms with E-state index in [0.29, 0.717) is 12.5 Å². The average molecular weight is 334 g/mol. The van der Waals surface area contributed by atoms with E-state index >= 15 is 0 Å². The summed E-state index contributed by atoms with van der Waals surface area (Å²) in [6.45, 7) is 11.5. The van der Waals surface area contributed by atoms with Crippen molar-refractivity contribution < 1.29 is 14.5 Å². The minimum atomic E-state index is -0.0690. The van der Waals surface area contributed by atoms with Crippen LogP contribution in [0.2, 0.25) is 0 Å². The molecule has 0 aliphatic heterocycles. The van der Waals surface area contributed by atoms with Crippen LogP contribution in [0.5, 0.6) is 0 Å². The average Bonchev–Trinajstić information content (AvgIpc) is 2.53. The van der Waals surface area contributed by atoms with Crippen molar-refractivity contribution in [2.75, 3.05) is 25.0 Å². The molecule has 0 aliphatic rings. The van der Waals surface area contributed by atoms with Crippen LogP contribution >= 0.6 is 0 Å². The number of benzene rings is 1. The summed E-state index contributed by atoms with van der Waals surface area (Å²) in [7, 11) is 0. The minimum absolute atomic E-state index is 0.0208. The highest BCUT2D eigenvalue weighted by Gasteiger charge is 2.17. The first-order valence-corrected chi connectivity index (χ1v) is 8.88. The molecular formula is C19H32N3O2+. The van der Waals surface area contributed by atoms with Crippen molar-refractivity contribution in [2.45, 2.75) is 53.0 Å². The SMILES string of the molecule is CC[C@@H](C)c1ccc(NC(=O)C[NH+](CC)CC(=O)NC(C)C)cc1. The number of rotatable bonds is 9. The van der Waals surface area contributed by atoms with Crippen LogP contribution < -0.4 is 15.5 Å². The van der Waals surface area contributed by atoms with Gasteiger partial charge in [0.15, 0.2) is 13.1 Å².